The fraction of sp³-hybridized carbons (Fsp3) is 0.500. The third kappa shape index (κ3) is 3.62. The van der Waals surface area contributed by atoms with Gasteiger partial charge in [-0.3, -0.25) is 10.1 Å². The lowest BCUT2D eigenvalue weighted by Gasteiger charge is -2.28. The summed E-state index contributed by atoms with van der Waals surface area (Å²) in [5.74, 6) is -0.444. The van der Waals surface area contributed by atoms with Crippen LogP contribution in [-0.4, -0.2) is 11.9 Å². The third-order valence-corrected chi connectivity index (χ3v) is 4.24. The Hall–Kier alpha value is -0.770. The molecule has 0 saturated heterocycles. The van der Waals surface area contributed by atoms with E-state index in [1.807, 2.05) is 0 Å². The molecule has 0 aromatic heterocycles. The Morgan fingerprint density at radius 1 is 1.21 bits per heavy atom. The van der Waals surface area contributed by atoms with E-state index in [2.05, 4.69) is 5.32 Å². The highest BCUT2D eigenvalue weighted by atomic mass is 35.5. The van der Waals surface area contributed by atoms with Crippen LogP contribution in [0, 0.1) is 0 Å². The molecule has 0 radical (unpaired) electrons. The molecule has 1 aromatic carbocycles. The van der Waals surface area contributed by atoms with Gasteiger partial charge in [0.2, 0.25) is 5.91 Å². The van der Waals surface area contributed by atoms with Crippen LogP contribution in [0.1, 0.15) is 43.7 Å². The maximum Gasteiger partial charge on any atom is 0.239 e. The lowest BCUT2D eigenvalue weighted by molar-refractivity contribution is -0.120. The maximum absolute atomic E-state index is 11.7. The number of primary amides is 1. The predicted octanol–water partition coefficient (Wildman–Crippen LogP) is 3.44. The van der Waals surface area contributed by atoms with Crippen molar-refractivity contribution >= 4 is 29.1 Å². The van der Waals surface area contributed by atoms with Gasteiger partial charge >= 0.3 is 0 Å². The molecule has 104 valence electrons. The molecule has 0 spiro atoms. The average molecular weight is 301 g/mol. The lowest BCUT2D eigenvalue weighted by Crippen LogP contribution is -2.41. The van der Waals surface area contributed by atoms with Crippen LogP contribution in [0.25, 0.3) is 0 Å². The first-order valence-corrected chi connectivity index (χ1v) is 7.34. The van der Waals surface area contributed by atoms with Crippen molar-refractivity contribution in [2.75, 3.05) is 0 Å². The molecule has 1 atom stereocenters. The van der Waals surface area contributed by atoms with E-state index in [0.717, 1.165) is 12.8 Å². The minimum atomic E-state index is -0.621. The SMILES string of the molecule is NC(=O)C(NC1CCCCC1)c1c(Cl)cccc1Cl. The van der Waals surface area contributed by atoms with E-state index in [-0.39, 0.29) is 0 Å². The number of hydrogen-bond acceptors (Lipinski definition) is 2. The molecule has 0 bridgehead atoms. The molecule has 3 N–H and O–H groups in total. The fourth-order valence-electron chi connectivity index (χ4n) is 2.60. The zero-order chi connectivity index (χ0) is 13.8. The minimum absolute atomic E-state index is 0.304. The number of halogens is 2. The van der Waals surface area contributed by atoms with E-state index in [9.17, 15) is 4.79 Å². The van der Waals surface area contributed by atoms with Gasteiger partial charge in [0, 0.05) is 21.7 Å². The summed E-state index contributed by atoms with van der Waals surface area (Å²) in [5.41, 5.74) is 6.09. The average Bonchev–Trinajstić information content (AvgIpc) is 2.38. The van der Waals surface area contributed by atoms with Gasteiger partial charge in [-0.2, -0.15) is 0 Å². The Balaban J connectivity index is 2.22. The molecule has 1 aliphatic rings. The molecule has 0 aliphatic heterocycles. The molecule has 5 heteroatoms. The van der Waals surface area contributed by atoms with E-state index in [4.69, 9.17) is 28.9 Å². The molecule has 2 rings (SSSR count). The van der Waals surface area contributed by atoms with E-state index in [1.165, 1.54) is 19.3 Å². The van der Waals surface area contributed by atoms with Gasteiger partial charge in [0.1, 0.15) is 6.04 Å². The monoisotopic (exact) mass is 300 g/mol. The van der Waals surface area contributed by atoms with Gasteiger partial charge < -0.3 is 5.73 Å². The summed E-state index contributed by atoms with van der Waals surface area (Å²) in [5, 5.41) is 4.25. The maximum atomic E-state index is 11.7. The van der Waals surface area contributed by atoms with Crippen molar-refractivity contribution < 1.29 is 4.79 Å². The molecule has 19 heavy (non-hydrogen) atoms. The van der Waals surface area contributed by atoms with Crippen LogP contribution in [-0.2, 0) is 4.79 Å². The van der Waals surface area contributed by atoms with Crippen molar-refractivity contribution in [1.82, 2.24) is 5.32 Å². The number of hydrogen-bond donors (Lipinski definition) is 2. The van der Waals surface area contributed by atoms with Crippen LogP contribution in [0.4, 0.5) is 0 Å². The molecule has 1 unspecified atom stereocenters. The highest BCUT2D eigenvalue weighted by Crippen LogP contribution is 2.31. The predicted molar refractivity (Wildman–Crippen MR) is 78.4 cm³/mol. The first-order valence-electron chi connectivity index (χ1n) is 6.59. The number of benzene rings is 1. The summed E-state index contributed by atoms with van der Waals surface area (Å²) >= 11 is 12.3. The van der Waals surface area contributed by atoms with E-state index in [0.29, 0.717) is 21.7 Å². The standard InChI is InChI=1S/C14H18Cl2N2O/c15-10-7-4-8-11(16)12(10)13(14(17)19)18-9-5-2-1-3-6-9/h4,7-9,13,18H,1-3,5-6H2,(H2,17,19). The lowest BCUT2D eigenvalue weighted by atomic mass is 9.94. The van der Waals surface area contributed by atoms with E-state index < -0.39 is 11.9 Å². The number of carbonyl (C=O) groups excluding carboxylic acids is 1. The quantitative estimate of drug-likeness (QED) is 0.895. The Bertz CT molecular complexity index is 439. The van der Waals surface area contributed by atoms with Gasteiger partial charge in [0.15, 0.2) is 0 Å². The first kappa shape index (κ1) is 14.6. The van der Waals surface area contributed by atoms with Crippen LogP contribution >= 0.6 is 23.2 Å². The molecule has 1 aromatic rings. The number of nitrogens with two attached hydrogens (primary N) is 1. The molecule has 1 amide bonds. The summed E-state index contributed by atoms with van der Waals surface area (Å²) < 4.78 is 0. The zero-order valence-corrected chi connectivity index (χ0v) is 12.2. The van der Waals surface area contributed by atoms with Gasteiger partial charge in [-0.25, -0.2) is 0 Å². The molecular formula is C14H18Cl2N2O. The number of carbonyl (C=O) groups is 1. The van der Waals surface area contributed by atoms with Crippen LogP contribution in [0.3, 0.4) is 0 Å². The number of amides is 1. The first-order chi connectivity index (χ1) is 9.09. The minimum Gasteiger partial charge on any atom is -0.368 e. The van der Waals surface area contributed by atoms with Gasteiger partial charge in [0.05, 0.1) is 0 Å². The summed E-state index contributed by atoms with van der Waals surface area (Å²) in [6.45, 7) is 0. The van der Waals surface area contributed by atoms with Crippen molar-refractivity contribution in [3.8, 4) is 0 Å². The van der Waals surface area contributed by atoms with Crippen molar-refractivity contribution in [3.05, 3.63) is 33.8 Å². The summed E-state index contributed by atoms with van der Waals surface area (Å²) in [6.07, 6.45) is 5.74. The Labute approximate surface area is 123 Å². The largest absolute Gasteiger partial charge is 0.368 e. The van der Waals surface area contributed by atoms with Crippen LogP contribution in [0.15, 0.2) is 18.2 Å². The van der Waals surface area contributed by atoms with Gasteiger partial charge in [0.25, 0.3) is 0 Å². The second-order valence-corrected chi connectivity index (χ2v) is 5.79. The van der Waals surface area contributed by atoms with Crippen LogP contribution < -0.4 is 11.1 Å². The summed E-state index contributed by atoms with van der Waals surface area (Å²) in [4.78, 5) is 11.7. The van der Waals surface area contributed by atoms with Crippen molar-refractivity contribution in [2.24, 2.45) is 5.73 Å². The van der Waals surface area contributed by atoms with E-state index >= 15 is 0 Å². The highest BCUT2D eigenvalue weighted by Gasteiger charge is 2.26. The zero-order valence-electron chi connectivity index (χ0n) is 10.7. The fourth-order valence-corrected chi connectivity index (χ4v) is 3.21. The van der Waals surface area contributed by atoms with Gasteiger partial charge in [-0.15, -0.1) is 0 Å². The van der Waals surface area contributed by atoms with E-state index in [1.54, 1.807) is 18.2 Å². The van der Waals surface area contributed by atoms with Crippen molar-refractivity contribution in [2.45, 2.75) is 44.2 Å². The molecule has 3 nitrogen and oxygen atoms in total. The van der Waals surface area contributed by atoms with Gasteiger partial charge in [-0.1, -0.05) is 48.5 Å². The van der Waals surface area contributed by atoms with Gasteiger partial charge in [-0.05, 0) is 25.0 Å². The molecular weight excluding hydrogens is 283 g/mol. The molecule has 1 aliphatic carbocycles. The van der Waals surface area contributed by atoms with Crippen molar-refractivity contribution in [1.29, 1.82) is 0 Å². The molecule has 0 heterocycles. The number of rotatable bonds is 4. The molecule has 1 fully saturated rings. The highest BCUT2D eigenvalue weighted by molar-refractivity contribution is 6.36. The normalized spacial score (nSPS) is 18.2. The number of nitrogens with one attached hydrogen (secondary N) is 1. The summed E-state index contributed by atoms with van der Waals surface area (Å²) in [7, 11) is 0. The topological polar surface area (TPSA) is 55.1 Å². The smallest absolute Gasteiger partial charge is 0.239 e. The van der Waals surface area contributed by atoms with Crippen LogP contribution in [0.5, 0.6) is 0 Å². The Kier molecular flexibility index (Phi) is 5.08. The second-order valence-electron chi connectivity index (χ2n) is 4.97. The summed E-state index contributed by atoms with van der Waals surface area (Å²) in [6, 6.07) is 4.89. The molecule has 1 saturated carbocycles. The third-order valence-electron chi connectivity index (χ3n) is 3.58. The van der Waals surface area contributed by atoms with Crippen molar-refractivity contribution in [3.63, 3.8) is 0 Å². The Morgan fingerprint density at radius 3 is 2.32 bits per heavy atom. The Morgan fingerprint density at radius 2 is 1.79 bits per heavy atom. The van der Waals surface area contributed by atoms with Crippen LogP contribution in [0.2, 0.25) is 10.0 Å². The second kappa shape index (κ2) is 6.60.